The first-order chi connectivity index (χ1) is 11.5. The molecular formula is C18H16N2O4. The summed E-state index contributed by atoms with van der Waals surface area (Å²) < 4.78 is 11.0. The fraction of sp³-hybridized carbons (Fsp3) is 0.222. The first-order valence-corrected chi connectivity index (χ1v) is 7.38. The Bertz CT molecular complexity index is 950. The Labute approximate surface area is 138 Å². The van der Waals surface area contributed by atoms with Crippen LogP contribution in [0.25, 0.3) is 0 Å². The number of nitrogens with two attached hydrogens (primary N) is 1. The molecule has 1 atom stereocenters. The van der Waals surface area contributed by atoms with Crippen LogP contribution in [0.3, 0.4) is 0 Å². The molecule has 1 aliphatic rings. The van der Waals surface area contributed by atoms with E-state index in [0.717, 1.165) is 22.8 Å². The highest BCUT2D eigenvalue weighted by molar-refractivity contribution is 5.54. The highest BCUT2D eigenvalue weighted by Crippen LogP contribution is 2.42. The van der Waals surface area contributed by atoms with Crippen molar-refractivity contribution in [3.05, 3.63) is 74.2 Å². The van der Waals surface area contributed by atoms with E-state index in [0.29, 0.717) is 0 Å². The monoisotopic (exact) mass is 324 g/mol. The summed E-state index contributed by atoms with van der Waals surface area (Å²) in [5.74, 6) is -0.520. The van der Waals surface area contributed by atoms with Gasteiger partial charge in [0.1, 0.15) is 24.0 Å². The van der Waals surface area contributed by atoms with E-state index in [1.165, 1.54) is 0 Å². The van der Waals surface area contributed by atoms with Gasteiger partial charge >= 0.3 is 0 Å². The van der Waals surface area contributed by atoms with Crippen molar-refractivity contribution in [2.45, 2.75) is 26.4 Å². The summed E-state index contributed by atoms with van der Waals surface area (Å²) in [5.41, 5.74) is 8.32. The number of allylic oxidation sites excluding steroid dienone is 1. The zero-order chi connectivity index (χ0) is 17.4. The SMILES string of the molecule is Cc1ccc(C)c([C@@H]2C(C#N)=C(N)Oc3c2oc(CO)cc3=O)c1. The van der Waals surface area contributed by atoms with E-state index in [-0.39, 0.29) is 28.7 Å². The maximum atomic E-state index is 12.3. The molecule has 0 aliphatic carbocycles. The molecule has 6 heteroatoms. The molecule has 0 bridgehead atoms. The Kier molecular flexibility index (Phi) is 3.87. The lowest BCUT2D eigenvalue weighted by atomic mass is 9.84. The number of hydrogen-bond acceptors (Lipinski definition) is 6. The molecule has 2 heterocycles. The van der Waals surface area contributed by atoms with Gasteiger partial charge in [0.25, 0.3) is 0 Å². The number of aryl methyl sites for hydroxylation is 2. The molecule has 1 aromatic heterocycles. The summed E-state index contributed by atoms with van der Waals surface area (Å²) in [6.45, 7) is 3.41. The van der Waals surface area contributed by atoms with Gasteiger partial charge in [-0.05, 0) is 25.0 Å². The summed E-state index contributed by atoms with van der Waals surface area (Å²) in [5, 5.41) is 18.9. The third-order valence-corrected chi connectivity index (χ3v) is 4.03. The summed E-state index contributed by atoms with van der Waals surface area (Å²) in [4.78, 5) is 12.3. The zero-order valence-electron chi connectivity index (χ0n) is 13.3. The molecule has 0 saturated carbocycles. The van der Waals surface area contributed by atoms with Crippen molar-refractivity contribution in [3.8, 4) is 11.8 Å². The zero-order valence-corrected chi connectivity index (χ0v) is 13.3. The molecule has 3 rings (SSSR count). The van der Waals surface area contributed by atoms with Crippen molar-refractivity contribution >= 4 is 0 Å². The lowest BCUT2D eigenvalue weighted by Gasteiger charge is -2.26. The molecule has 0 spiro atoms. The van der Waals surface area contributed by atoms with Gasteiger partial charge in [-0.25, -0.2) is 0 Å². The molecule has 0 fully saturated rings. The van der Waals surface area contributed by atoms with Crippen LogP contribution in [0.2, 0.25) is 0 Å². The Balaban J connectivity index is 2.35. The molecule has 6 nitrogen and oxygen atoms in total. The molecular weight excluding hydrogens is 308 g/mol. The highest BCUT2D eigenvalue weighted by atomic mass is 16.5. The van der Waals surface area contributed by atoms with E-state index in [2.05, 4.69) is 6.07 Å². The molecule has 3 N–H and O–H groups in total. The summed E-state index contributed by atoms with van der Waals surface area (Å²) in [6.07, 6.45) is 0. The van der Waals surface area contributed by atoms with Gasteiger partial charge in [-0.3, -0.25) is 4.79 Å². The van der Waals surface area contributed by atoms with Gasteiger partial charge in [0.2, 0.25) is 17.1 Å². The van der Waals surface area contributed by atoms with Crippen LogP contribution in [0.1, 0.15) is 34.1 Å². The topological polar surface area (TPSA) is 109 Å². The number of benzene rings is 1. The van der Waals surface area contributed by atoms with Crippen molar-refractivity contribution in [1.29, 1.82) is 5.26 Å². The van der Waals surface area contributed by atoms with E-state index < -0.39 is 18.0 Å². The average Bonchev–Trinajstić information content (AvgIpc) is 2.56. The van der Waals surface area contributed by atoms with Gasteiger partial charge in [-0.15, -0.1) is 0 Å². The summed E-state index contributed by atoms with van der Waals surface area (Å²) in [6, 6.07) is 9.02. The highest BCUT2D eigenvalue weighted by Gasteiger charge is 2.35. The quantitative estimate of drug-likeness (QED) is 0.874. The first kappa shape index (κ1) is 15.8. The number of ether oxygens (including phenoxy) is 1. The van der Waals surface area contributed by atoms with E-state index in [9.17, 15) is 15.2 Å². The fourth-order valence-electron chi connectivity index (χ4n) is 2.84. The van der Waals surface area contributed by atoms with Gasteiger partial charge in [0, 0.05) is 6.07 Å². The fourth-order valence-corrected chi connectivity index (χ4v) is 2.84. The van der Waals surface area contributed by atoms with Crippen molar-refractivity contribution in [3.63, 3.8) is 0 Å². The van der Waals surface area contributed by atoms with Crippen molar-refractivity contribution in [1.82, 2.24) is 0 Å². The average molecular weight is 324 g/mol. The number of aliphatic hydroxyl groups is 1. The Morgan fingerprint density at radius 3 is 2.75 bits per heavy atom. The van der Waals surface area contributed by atoms with Crippen molar-refractivity contribution in [2.24, 2.45) is 5.73 Å². The van der Waals surface area contributed by atoms with Crippen LogP contribution in [-0.2, 0) is 6.61 Å². The number of rotatable bonds is 2. The van der Waals surface area contributed by atoms with E-state index in [4.69, 9.17) is 14.9 Å². The minimum Gasteiger partial charge on any atom is -0.458 e. The Hall–Kier alpha value is -3.04. The van der Waals surface area contributed by atoms with Crippen LogP contribution in [-0.4, -0.2) is 5.11 Å². The second-order valence-electron chi connectivity index (χ2n) is 5.71. The lowest BCUT2D eigenvalue weighted by Crippen LogP contribution is -2.25. The second kappa shape index (κ2) is 5.87. The molecule has 122 valence electrons. The first-order valence-electron chi connectivity index (χ1n) is 7.38. The standard InChI is InChI=1S/C18H16N2O4/c1-9-3-4-10(2)12(5-9)15-13(7-19)18(20)24-16-14(22)6-11(8-21)23-17(15)16/h3-6,15,21H,8,20H2,1-2H3/t15-/m1/s1. The van der Waals surface area contributed by atoms with Crippen LogP contribution in [0.5, 0.6) is 5.75 Å². The summed E-state index contributed by atoms with van der Waals surface area (Å²) >= 11 is 0. The molecule has 24 heavy (non-hydrogen) atoms. The smallest absolute Gasteiger partial charge is 0.228 e. The van der Waals surface area contributed by atoms with Crippen LogP contribution in [0.4, 0.5) is 0 Å². The van der Waals surface area contributed by atoms with Crippen molar-refractivity contribution < 1.29 is 14.3 Å². The molecule has 0 unspecified atom stereocenters. The third-order valence-electron chi connectivity index (χ3n) is 4.03. The molecule has 0 radical (unpaired) electrons. The van der Waals surface area contributed by atoms with Gasteiger partial charge in [0.15, 0.2) is 5.76 Å². The van der Waals surface area contributed by atoms with Crippen LogP contribution in [0, 0.1) is 25.2 Å². The van der Waals surface area contributed by atoms with Gasteiger partial charge < -0.3 is 20.0 Å². The number of hydrogen-bond donors (Lipinski definition) is 2. The number of nitrogens with zero attached hydrogens (tertiary/aromatic N) is 1. The van der Waals surface area contributed by atoms with Gasteiger partial charge in [-0.2, -0.15) is 5.26 Å². The predicted molar refractivity (Wildman–Crippen MR) is 86.1 cm³/mol. The minimum absolute atomic E-state index is 0.0467. The Morgan fingerprint density at radius 2 is 2.08 bits per heavy atom. The van der Waals surface area contributed by atoms with Crippen LogP contribution >= 0.6 is 0 Å². The minimum atomic E-state index is -0.655. The van der Waals surface area contributed by atoms with Gasteiger partial charge in [-0.1, -0.05) is 23.8 Å². The molecule has 1 aliphatic heterocycles. The van der Waals surface area contributed by atoms with Gasteiger partial charge in [0.05, 0.1) is 5.92 Å². The molecule has 1 aromatic carbocycles. The van der Waals surface area contributed by atoms with Crippen molar-refractivity contribution in [2.75, 3.05) is 0 Å². The molecule has 2 aromatic rings. The largest absolute Gasteiger partial charge is 0.458 e. The van der Waals surface area contributed by atoms with Crippen LogP contribution in [0.15, 0.2) is 44.9 Å². The lowest BCUT2D eigenvalue weighted by molar-refractivity contribution is 0.231. The maximum Gasteiger partial charge on any atom is 0.228 e. The van der Waals surface area contributed by atoms with E-state index in [1.54, 1.807) is 0 Å². The van der Waals surface area contributed by atoms with E-state index in [1.807, 2.05) is 32.0 Å². The van der Waals surface area contributed by atoms with E-state index >= 15 is 0 Å². The molecule has 0 amide bonds. The predicted octanol–water partition coefficient (Wildman–Crippen LogP) is 1.97. The number of nitriles is 1. The molecule has 0 saturated heterocycles. The van der Waals surface area contributed by atoms with Crippen LogP contribution < -0.4 is 15.9 Å². The number of fused-ring (bicyclic) bond motifs is 1. The second-order valence-corrected chi connectivity index (χ2v) is 5.71. The normalized spacial score (nSPS) is 16.3. The maximum absolute atomic E-state index is 12.3. The summed E-state index contributed by atoms with van der Waals surface area (Å²) in [7, 11) is 0. The Morgan fingerprint density at radius 1 is 1.33 bits per heavy atom. The number of aliphatic hydroxyl groups excluding tert-OH is 1. The third kappa shape index (κ3) is 2.45.